The minimum absolute atomic E-state index is 0. The second kappa shape index (κ2) is 10.4. The number of halogens is 1. The molecule has 0 radical (unpaired) electrons. The predicted octanol–water partition coefficient (Wildman–Crippen LogP) is -6.24. The fourth-order valence-corrected chi connectivity index (χ4v) is 0.395. The molecule has 0 saturated carbocycles. The molecule has 0 amide bonds. The van der Waals surface area contributed by atoms with Crippen molar-refractivity contribution in [1.82, 2.24) is 0 Å². The van der Waals surface area contributed by atoms with Gasteiger partial charge >= 0.3 is 31.2 Å². The Morgan fingerprint density at radius 2 is 1.65 bits per heavy atom. The molecule has 0 aromatic rings. The van der Waals surface area contributed by atoms with Gasteiger partial charge in [-0.3, -0.25) is 0 Å². The molecule has 1 atom stereocenters. The molecule has 0 bridgehead atoms. The van der Waals surface area contributed by atoms with Crippen LogP contribution in [0.25, 0.3) is 0 Å². The van der Waals surface area contributed by atoms with E-state index in [1.54, 1.807) is 0 Å². The van der Waals surface area contributed by atoms with Crippen molar-refractivity contribution in [1.29, 1.82) is 0 Å². The summed E-state index contributed by atoms with van der Waals surface area (Å²) in [5.41, 5.74) is 0. The molecule has 0 aliphatic carbocycles. The maximum Gasteiger partial charge on any atom is 1.00 e. The van der Waals surface area contributed by atoms with E-state index in [2.05, 4.69) is 9.47 Å². The minimum Gasteiger partial charge on any atom is -1.00 e. The van der Waals surface area contributed by atoms with Gasteiger partial charge in [-0.1, -0.05) is 0 Å². The van der Waals surface area contributed by atoms with E-state index in [1.165, 1.54) is 6.92 Å². The second-order valence-electron chi connectivity index (χ2n) is 2.17. The molecular formula is C5H10ClLiO10. The van der Waals surface area contributed by atoms with Crippen LogP contribution in [-0.2, 0) is 9.47 Å². The summed E-state index contributed by atoms with van der Waals surface area (Å²) >= 11 is 0. The van der Waals surface area contributed by atoms with Crippen molar-refractivity contribution < 1.29 is 78.4 Å². The van der Waals surface area contributed by atoms with Crippen LogP contribution in [-0.4, -0.2) is 39.9 Å². The summed E-state index contributed by atoms with van der Waals surface area (Å²) in [6.45, 7) is 1.10. The first-order valence-electron chi connectivity index (χ1n) is 3.41. The summed E-state index contributed by atoms with van der Waals surface area (Å²) in [5, 5.41) is 16.0. The molecule has 0 spiro atoms. The van der Waals surface area contributed by atoms with Gasteiger partial charge in [0.1, 0.15) is 12.7 Å². The molecule has 0 aromatic heterocycles. The second-order valence-corrected chi connectivity index (χ2v) is 2.96. The molecule has 98 valence electrons. The largest absolute Gasteiger partial charge is 1.00 e. The first-order chi connectivity index (χ1) is 7.02. The monoisotopic (exact) mass is 272 g/mol. The van der Waals surface area contributed by atoms with Crippen LogP contribution in [0.2, 0.25) is 0 Å². The van der Waals surface area contributed by atoms with Crippen LogP contribution >= 0.6 is 0 Å². The van der Waals surface area contributed by atoms with E-state index < -0.39 is 28.7 Å². The smallest absolute Gasteiger partial charge is 1.00 e. The van der Waals surface area contributed by atoms with Crippen molar-refractivity contribution in [3.8, 4) is 0 Å². The third-order valence-electron chi connectivity index (χ3n) is 0.744. The molecular weight excluding hydrogens is 262 g/mol. The van der Waals surface area contributed by atoms with E-state index in [4.69, 9.17) is 28.8 Å². The Morgan fingerprint density at radius 1 is 1.29 bits per heavy atom. The summed E-state index contributed by atoms with van der Waals surface area (Å²) in [5.74, 6) is 0. The summed E-state index contributed by atoms with van der Waals surface area (Å²) in [4.78, 5) is 19.6. The van der Waals surface area contributed by atoms with Crippen LogP contribution in [0.15, 0.2) is 0 Å². The van der Waals surface area contributed by atoms with Crippen molar-refractivity contribution in [2.75, 3.05) is 6.61 Å². The van der Waals surface area contributed by atoms with Crippen molar-refractivity contribution >= 4 is 12.3 Å². The Hall–Kier alpha value is -0.733. The van der Waals surface area contributed by atoms with Crippen molar-refractivity contribution in [2.24, 2.45) is 0 Å². The van der Waals surface area contributed by atoms with Crippen LogP contribution in [0.5, 0.6) is 0 Å². The molecule has 0 aromatic carbocycles. The maximum absolute atomic E-state index is 9.83. The van der Waals surface area contributed by atoms with Crippen molar-refractivity contribution in [2.45, 2.75) is 13.0 Å². The van der Waals surface area contributed by atoms with Gasteiger partial charge in [-0.25, -0.2) is 9.59 Å². The van der Waals surface area contributed by atoms with E-state index in [-0.39, 0.29) is 26.9 Å². The van der Waals surface area contributed by atoms with E-state index >= 15 is 0 Å². The van der Waals surface area contributed by atoms with E-state index in [1.807, 2.05) is 0 Å². The Morgan fingerprint density at radius 3 is 1.88 bits per heavy atom. The van der Waals surface area contributed by atoms with Gasteiger partial charge in [0.2, 0.25) is 0 Å². The molecule has 3 N–H and O–H groups in total. The molecule has 0 rings (SSSR count). The van der Waals surface area contributed by atoms with Crippen molar-refractivity contribution in [3.63, 3.8) is 0 Å². The topological polar surface area (TPSA) is 182 Å². The van der Waals surface area contributed by atoms with Gasteiger partial charge in [-0.15, -0.1) is 0 Å². The van der Waals surface area contributed by atoms with Gasteiger partial charge in [0.05, 0.1) is 14.9 Å². The van der Waals surface area contributed by atoms with Gasteiger partial charge in [0, 0.05) is 0 Å². The molecule has 12 heteroatoms. The SMILES string of the molecule is CC(COC(=O)O)OC(=O)O.[H-].[Li+].[O-][Cl+3]([O-])([O-])O. The molecule has 0 fully saturated rings. The summed E-state index contributed by atoms with van der Waals surface area (Å²) < 4.78 is 40.9. The predicted molar refractivity (Wildman–Crippen MR) is 35.9 cm³/mol. The number of carboxylic acid groups (broad SMARTS) is 2. The normalized spacial score (nSPS) is 11.1. The molecule has 10 nitrogen and oxygen atoms in total. The Bertz CT molecular complexity index is 227. The summed E-state index contributed by atoms with van der Waals surface area (Å²) in [6, 6.07) is 0. The van der Waals surface area contributed by atoms with Crippen LogP contribution in [0.4, 0.5) is 9.59 Å². The standard InChI is InChI=1S/C5H8O6.ClHO4.Li.H/c1-3(11-5(8)9)2-10-4(6)7;2-1(3,4)5;;/h3H,2H2,1H3,(H,6,7)(H,8,9);(H,2,3,4,5);;/q;;+1;-1. The zero-order valence-electron chi connectivity index (χ0n) is 9.86. The Labute approximate surface area is 111 Å². The third kappa shape index (κ3) is 39.3. The number of ether oxygens (including phenoxy) is 2. The third-order valence-corrected chi connectivity index (χ3v) is 0.744. The zero-order chi connectivity index (χ0) is 13.4. The van der Waals surface area contributed by atoms with Crippen molar-refractivity contribution in [3.05, 3.63) is 0 Å². The summed E-state index contributed by atoms with van der Waals surface area (Å²) in [7, 11) is -4.69. The van der Waals surface area contributed by atoms with Gasteiger partial charge < -0.3 is 21.1 Å². The molecule has 0 aliphatic rings. The molecule has 17 heavy (non-hydrogen) atoms. The Kier molecular flexibility index (Phi) is 13.2. The molecule has 0 aliphatic heterocycles. The number of rotatable bonds is 3. The van der Waals surface area contributed by atoms with Gasteiger partial charge in [0.25, 0.3) is 0 Å². The van der Waals surface area contributed by atoms with Crippen LogP contribution in [0.1, 0.15) is 8.35 Å². The summed E-state index contributed by atoms with van der Waals surface area (Å²) in [6.07, 6.45) is -3.68. The van der Waals surface area contributed by atoms with Gasteiger partial charge in [-0.2, -0.15) is 14.0 Å². The first kappa shape index (κ1) is 21.5. The average molecular weight is 273 g/mol. The first-order valence-corrected chi connectivity index (χ1v) is 4.67. The number of hydrogen-bond donors (Lipinski definition) is 3. The number of carbonyl (C=O) groups is 2. The molecule has 1 unspecified atom stereocenters. The average Bonchev–Trinajstić information content (AvgIpc) is 1.96. The molecule has 0 heterocycles. The van der Waals surface area contributed by atoms with E-state index in [0.29, 0.717) is 0 Å². The molecule has 0 saturated heterocycles. The fourth-order valence-electron chi connectivity index (χ4n) is 0.395. The van der Waals surface area contributed by atoms with Gasteiger partial charge in [0.15, 0.2) is 0 Å². The van der Waals surface area contributed by atoms with E-state index in [0.717, 1.165) is 0 Å². The number of hydrogen-bond acceptors (Lipinski definition) is 8. The van der Waals surface area contributed by atoms with Gasteiger partial charge in [-0.05, 0) is 6.92 Å². The van der Waals surface area contributed by atoms with E-state index in [9.17, 15) is 9.59 Å². The minimum atomic E-state index is -4.69. The Balaban J connectivity index is -0.000000122. The fraction of sp³-hybridized carbons (Fsp3) is 0.600. The van der Waals surface area contributed by atoms with Crippen LogP contribution in [0.3, 0.4) is 0 Å². The zero-order valence-corrected chi connectivity index (χ0v) is 9.62. The van der Waals surface area contributed by atoms with Crippen LogP contribution < -0.4 is 32.8 Å². The maximum atomic E-state index is 9.83. The quantitative estimate of drug-likeness (QED) is 0.330. The van der Waals surface area contributed by atoms with Crippen LogP contribution in [0, 0.1) is 10.2 Å².